The predicted molar refractivity (Wildman–Crippen MR) is 143 cm³/mol. The molecule has 0 saturated carbocycles. The number of amides is 2. The van der Waals surface area contributed by atoms with E-state index < -0.39 is 5.97 Å². The number of nitrogens with one attached hydrogen (secondary N) is 1. The molecule has 1 aliphatic rings. The molecule has 1 heterocycles. The third-order valence-electron chi connectivity index (χ3n) is 6.10. The van der Waals surface area contributed by atoms with Crippen molar-refractivity contribution in [1.29, 1.82) is 0 Å². The van der Waals surface area contributed by atoms with Crippen LogP contribution in [0.15, 0.2) is 66.7 Å². The van der Waals surface area contributed by atoms with Gasteiger partial charge in [0.25, 0.3) is 11.8 Å². The summed E-state index contributed by atoms with van der Waals surface area (Å²) in [5.41, 5.74) is 2.53. The quantitative estimate of drug-likeness (QED) is 0.452. The lowest BCUT2D eigenvalue weighted by Crippen LogP contribution is -2.49. The first-order valence-electron chi connectivity index (χ1n) is 12.0. The summed E-state index contributed by atoms with van der Waals surface area (Å²) in [4.78, 5) is 42.2. The van der Waals surface area contributed by atoms with Crippen molar-refractivity contribution in [1.82, 2.24) is 4.90 Å². The molecule has 4 rings (SSSR count). The van der Waals surface area contributed by atoms with Gasteiger partial charge in [-0.05, 0) is 55.5 Å². The summed E-state index contributed by atoms with van der Waals surface area (Å²) in [6, 6.07) is 19.0. The largest absolute Gasteiger partial charge is 0.495 e. The van der Waals surface area contributed by atoms with E-state index in [2.05, 4.69) is 10.2 Å². The van der Waals surface area contributed by atoms with E-state index in [9.17, 15) is 14.4 Å². The fraction of sp³-hybridized carbons (Fsp3) is 0.250. The predicted octanol–water partition coefficient (Wildman–Crippen LogP) is 4.74. The molecule has 1 saturated heterocycles. The van der Waals surface area contributed by atoms with Crippen LogP contribution in [0.25, 0.3) is 0 Å². The first-order chi connectivity index (χ1) is 17.9. The van der Waals surface area contributed by atoms with E-state index >= 15 is 0 Å². The van der Waals surface area contributed by atoms with Crippen LogP contribution in [0.2, 0.25) is 5.02 Å². The summed E-state index contributed by atoms with van der Waals surface area (Å²) in [5.74, 6) is -0.408. The summed E-state index contributed by atoms with van der Waals surface area (Å²) >= 11 is 6.21. The zero-order valence-corrected chi connectivity index (χ0v) is 21.5. The number of carbonyl (C=O) groups is 3. The van der Waals surface area contributed by atoms with Gasteiger partial charge >= 0.3 is 5.97 Å². The number of esters is 1. The molecule has 0 aromatic heterocycles. The Morgan fingerprint density at radius 3 is 2.24 bits per heavy atom. The minimum atomic E-state index is -0.477. The molecule has 37 heavy (non-hydrogen) atoms. The molecule has 0 atom stereocenters. The van der Waals surface area contributed by atoms with E-state index in [4.69, 9.17) is 21.1 Å². The summed E-state index contributed by atoms with van der Waals surface area (Å²) in [5, 5.41) is 3.23. The van der Waals surface area contributed by atoms with Crippen LogP contribution in [0.4, 0.5) is 11.4 Å². The molecular formula is C28H28ClN3O5. The van der Waals surface area contributed by atoms with Crippen molar-refractivity contribution in [2.75, 3.05) is 50.1 Å². The number of benzene rings is 3. The Morgan fingerprint density at radius 1 is 0.892 bits per heavy atom. The lowest BCUT2D eigenvalue weighted by molar-refractivity contribution is 0.0526. The molecule has 3 aromatic rings. The zero-order valence-electron chi connectivity index (χ0n) is 20.7. The van der Waals surface area contributed by atoms with E-state index in [0.29, 0.717) is 59.3 Å². The first kappa shape index (κ1) is 26.0. The summed E-state index contributed by atoms with van der Waals surface area (Å²) in [6.07, 6.45) is 0. The van der Waals surface area contributed by atoms with Crippen LogP contribution in [0.3, 0.4) is 0 Å². The number of anilines is 2. The van der Waals surface area contributed by atoms with Gasteiger partial charge in [0.15, 0.2) is 0 Å². The second-order valence-electron chi connectivity index (χ2n) is 8.40. The molecule has 1 aliphatic heterocycles. The maximum Gasteiger partial charge on any atom is 0.338 e. The van der Waals surface area contributed by atoms with Crippen LogP contribution < -0.4 is 15.0 Å². The van der Waals surface area contributed by atoms with Gasteiger partial charge in [-0.25, -0.2) is 4.79 Å². The minimum absolute atomic E-state index is 0.0113. The van der Waals surface area contributed by atoms with Gasteiger partial charge in [-0.1, -0.05) is 29.8 Å². The smallest absolute Gasteiger partial charge is 0.338 e. The highest BCUT2D eigenvalue weighted by molar-refractivity contribution is 6.32. The Morgan fingerprint density at radius 2 is 1.59 bits per heavy atom. The van der Waals surface area contributed by atoms with Gasteiger partial charge in [-0.3, -0.25) is 9.59 Å². The standard InChI is InChI=1S/C28H28ClN3O5/c1-3-37-28(35)21-9-11-24(23(18-21)30-26(33)20-10-12-25(36-2)22(29)17-20)31-13-15-32(16-14-31)27(34)19-7-5-4-6-8-19/h4-12,17-18H,3,13-16H2,1-2H3,(H,30,33). The van der Waals surface area contributed by atoms with E-state index in [1.54, 1.807) is 37.3 Å². The van der Waals surface area contributed by atoms with Crippen molar-refractivity contribution in [3.05, 3.63) is 88.4 Å². The van der Waals surface area contributed by atoms with Gasteiger partial charge in [-0.15, -0.1) is 0 Å². The molecule has 0 bridgehead atoms. The molecule has 9 heteroatoms. The maximum atomic E-state index is 13.1. The Balaban J connectivity index is 1.56. The van der Waals surface area contributed by atoms with E-state index in [1.165, 1.54) is 13.2 Å². The van der Waals surface area contributed by atoms with Gasteiger partial charge in [0.1, 0.15) is 5.75 Å². The van der Waals surface area contributed by atoms with Crippen molar-refractivity contribution in [3.63, 3.8) is 0 Å². The zero-order chi connectivity index (χ0) is 26.4. The van der Waals surface area contributed by atoms with Gasteiger partial charge in [0.2, 0.25) is 0 Å². The van der Waals surface area contributed by atoms with E-state index in [-0.39, 0.29) is 18.4 Å². The highest BCUT2D eigenvalue weighted by Crippen LogP contribution is 2.31. The third-order valence-corrected chi connectivity index (χ3v) is 6.39. The molecule has 1 fully saturated rings. The number of piperazine rings is 1. The van der Waals surface area contributed by atoms with Crippen LogP contribution in [-0.2, 0) is 4.74 Å². The third kappa shape index (κ3) is 6.03. The lowest BCUT2D eigenvalue weighted by Gasteiger charge is -2.37. The van der Waals surface area contributed by atoms with Crippen molar-refractivity contribution in [2.45, 2.75) is 6.92 Å². The highest BCUT2D eigenvalue weighted by atomic mass is 35.5. The number of hydrogen-bond acceptors (Lipinski definition) is 6. The molecular weight excluding hydrogens is 494 g/mol. The molecule has 2 amide bonds. The Hall–Kier alpha value is -4.04. The summed E-state index contributed by atoms with van der Waals surface area (Å²) < 4.78 is 10.3. The van der Waals surface area contributed by atoms with Crippen LogP contribution >= 0.6 is 11.6 Å². The van der Waals surface area contributed by atoms with E-state index in [0.717, 1.165) is 5.69 Å². The Kier molecular flexibility index (Phi) is 8.30. The number of ether oxygens (including phenoxy) is 2. The molecule has 0 aliphatic carbocycles. The SMILES string of the molecule is CCOC(=O)c1ccc(N2CCN(C(=O)c3ccccc3)CC2)c(NC(=O)c2ccc(OC)c(Cl)c2)c1. The second-order valence-corrected chi connectivity index (χ2v) is 8.81. The number of carbonyl (C=O) groups excluding carboxylic acids is 3. The fourth-order valence-electron chi connectivity index (χ4n) is 4.17. The average molecular weight is 522 g/mol. The molecule has 0 radical (unpaired) electrons. The van der Waals surface area contributed by atoms with Crippen LogP contribution in [-0.4, -0.2) is 62.6 Å². The normalized spacial score (nSPS) is 13.2. The van der Waals surface area contributed by atoms with Gasteiger partial charge < -0.3 is 24.6 Å². The first-order valence-corrected chi connectivity index (χ1v) is 12.3. The Labute approximate surface area is 220 Å². The number of hydrogen-bond donors (Lipinski definition) is 1. The lowest BCUT2D eigenvalue weighted by atomic mass is 10.1. The molecule has 0 spiro atoms. The van der Waals surface area contributed by atoms with Crippen molar-refractivity contribution < 1.29 is 23.9 Å². The maximum absolute atomic E-state index is 13.1. The average Bonchev–Trinajstić information content (AvgIpc) is 2.93. The Bertz CT molecular complexity index is 1290. The van der Waals surface area contributed by atoms with Crippen LogP contribution in [0.1, 0.15) is 38.0 Å². The molecule has 1 N–H and O–H groups in total. The van der Waals surface area contributed by atoms with Crippen molar-refractivity contribution in [2.24, 2.45) is 0 Å². The van der Waals surface area contributed by atoms with Gasteiger partial charge in [0, 0.05) is 37.3 Å². The number of rotatable bonds is 7. The second kappa shape index (κ2) is 11.8. The van der Waals surface area contributed by atoms with Crippen molar-refractivity contribution >= 4 is 40.8 Å². The van der Waals surface area contributed by atoms with Crippen molar-refractivity contribution in [3.8, 4) is 5.75 Å². The topological polar surface area (TPSA) is 88.2 Å². The number of nitrogens with zero attached hydrogens (tertiary/aromatic N) is 2. The monoisotopic (exact) mass is 521 g/mol. The van der Waals surface area contributed by atoms with Crippen LogP contribution in [0, 0.1) is 0 Å². The number of halogens is 1. The number of methoxy groups -OCH3 is 1. The van der Waals surface area contributed by atoms with Gasteiger partial charge in [0.05, 0.1) is 35.7 Å². The minimum Gasteiger partial charge on any atom is -0.495 e. The summed E-state index contributed by atoms with van der Waals surface area (Å²) in [6.45, 7) is 4.15. The molecule has 0 unspecified atom stereocenters. The van der Waals surface area contributed by atoms with Gasteiger partial charge in [-0.2, -0.15) is 0 Å². The van der Waals surface area contributed by atoms with E-state index in [1.807, 2.05) is 35.2 Å². The fourth-order valence-corrected chi connectivity index (χ4v) is 4.43. The van der Waals surface area contributed by atoms with Crippen LogP contribution in [0.5, 0.6) is 5.75 Å². The highest BCUT2D eigenvalue weighted by Gasteiger charge is 2.25. The molecule has 192 valence electrons. The molecule has 3 aromatic carbocycles. The molecule has 8 nitrogen and oxygen atoms in total. The summed E-state index contributed by atoms with van der Waals surface area (Å²) in [7, 11) is 1.50.